The maximum Gasteiger partial charge on any atom is 0.325 e. The van der Waals surface area contributed by atoms with E-state index in [2.05, 4.69) is 5.32 Å². The molecule has 2 aliphatic rings. The molecule has 0 bridgehead atoms. The van der Waals surface area contributed by atoms with E-state index in [0.717, 1.165) is 32.3 Å². The molecular weight excluding hydrogens is 258 g/mol. The van der Waals surface area contributed by atoms with Crippen molar-refractivity contribution in [2.45, 2.75) is 69.7 Å². The van der Waals surface area contributed by atoms with E-state index < -0.39 is 5.54 Å². The molecule has 1 heterocycles. The van der Waals surface area contributed by atoms with Gasteiger partial charge in [0, 0.05) is 19.1 Å². The quantitative estimate of drug-likeness (QED) is 0.687. The van der Waals surface area contributed by atoms with Crippen molar-refractivity contribution in [3.8, 4) is 0 Å². The van der Waals surface area contributed by atoms with Crippen molar-refractivity contribution in [2.24, 2.45) is 0 Å². The largest absolute Gasteiger partial charge is 0.468 e. The summed E-state index contributed by atoms with van der Waals surface area (Å²) in [4.78, 5) is 12.0. The third kappa shape index (κ3) is 4.43. The molecule has 0 aromatic rings. The summed E-state index contributed by atoms with van der Waals surface area (Å²) in [5, 5.41) is 3.39. The molecule has 2 rings (SSSR count). The fraction of sp³-hybridized carbons (Fsp3) is 0.933. The van der Waals surface area contributed by atoms with Crippen LogP contribution in [0.15, 0.2) is 0 Å². The summed E-state index contributed by atoms with van der Waals surface area (Å²) in [6, 6.07) is 0.449. The monoisotopic (exact) mass is 285 g/mol. The molecule has 1 aliphatic heterocycles. The van der Waals surface area contributed by atoms with Gasteiger partial charge in [0.2, 0.25) is 0 Å². The van der Waals surface area contributed by atoms with E-state index in [0.29, 0.717) is 19.1 Å². The van der Waals surface area contributed by atoms with Crippen LogP contribution >= 0.6 is 0 Å². The molecule has 1 saturated heterocycles. The lowest BCUT2D eigenvalue weighted by molar-refractivity contribution is -0.150. The normalized spacial score (nSPS) is 27.1. The van der Waals surface area contributed by atoms with E-state index in [1.165, 1.54) is 7.11 Å². The fourth-order valence-corrected chi connectivity index (χ4v) is 2.79. The van der Waals surface area contributed by atoms with Crippen molar-refractivity contribution in [3.05, 3.63) is 0 Å². The second kappa shape index (κ2) is 6.87. The van der Waals surface area contributed by atoms with Crippen molar-refractivity contribution < 1.29 is 19.0 Å². The lowest BCUT2D eigenvalue weighted by atomic mass is 9.94. The average molecular weight is 285 g/mol. The topological polar surface area (TPSA) is 56.8 Å². The highest BCUT2D eigenvalue weighted by Crippen LogP contribution is 2.26. The lowest BCUT2D eigenvalue weighted by Gasteiger charge is -2.31. The number of hydrogen-bond acceptors (Lipinski definition) is 5. The minimum atomic E-state index is -0.661. The summed E-state index contributed by atoms with van der Waals surface area (Å²) in [6.07, 6.45) is 5.29. The molecule has 1 saturated carbocycles. The number of hydrogen-bond donors (Lipinski definition) is 1. The van der Waals surface area contributed by atoms with E-state index in [4.69, 9.17) is 14.2 Å². The Kier molecular flexibility index (Phi) is 5.41. The van der Waals surface area contributed by atoms with Gasteiger partial charge in [-0.15, -0.1) is 0 Å². The van der Waals surface area contributed by atoms with Gasteiger partial charge in [0.25, 0.3) is 0 Å². The third-order valence-electron chi connectivity index (χ3n) is 4.02. The zero-order valence-corrected chi connectivity index (χ0v) is 12.8. The number of esters is 1. The molecule has 116 valence electrons. The highest BCUT2D eigenvalue weighted by molar-refractivity contribution is 5.80. The van der Waals surface area contributed by atoms with Gasteiger partial charge >= 0.3 is 5.97 Å². The summed E-state index contributed by atoms with van der Waals surface area (Å²) >= 11 is 0. The molecule has 1 aliphatic carbocycles. The van der Waals surface area contributed by atoms with Crippen LogP contribution in [-0.2, 0) is 19.0 Å². The molecule has 20 heavy (non-hydrogen) atoms. The van der Waals surface area contributed by atoms with Crippen molar-refractivity contribution in [2.75, 3.05) is 20.3 Å². The number of ether oxygens (including phenoxy) is 3. The molecule has 0 amide bonds. The number of carbonyl (C=O) groups is 1. The summed E-state index contributed by atoms with van der Waals surface area (Å²) < 4.78 is 16.3. The van der Waals surface area contributed by atoms with Gasteiger partial charge in [0.1, 0.15) is 5.54 Å². The third-order valence-corrected chi connectivity index (χ3v) is 4.02. The second-order valence-electron chi connectivity index (χ2n) is 6.23. The van der Waals surface area contributed by atoms with Gasteiger partial charge in [0.05, 0.1) is 25.9 Å². The minimum absolute atomic E-state index is 0.00505. The molecule has 2 fully saturated rings. The molecule has 3 unspecified atom stereocenters. The molecule has 0 aromatic carbocycles. The molecule has 5 nitrogen and oxygen atoms in total. The second-order valence-corrected chi connectivity index (χ2v) is 6.23. The zero-order valence-electron chi connectivity index (χ0n) is 12.8. The molecule has 0 radical (unpaired) electrons. The van der Waals surface area contributed by atoms with Crippen molar-refractivity contribution in [3.63, 3.8) is 0 Å². The van der Waals surface area contributed by atoms with Gasteiger partial charge in [-0.3, -0.25) is 10.1 Å². The molecule has 0 aromatic heterocycles. The summed E-state index contributed by atoms with van der Waals surface area (Å²) in [5.74, 6) is -0.211. The van der Waals surface area contributed by atoms with E-state index in [1.54, 1.807) is 0 Å². The molecule has 0 spiro atoms. The van der Waals surface area contributed by atoms with E-state index >= 15 is 0 Å². The minimum Gasteiger partial charge on any atom is -0.468 e. The summed E-state index contributed by atoms with van der Waals surface area (Å²) in [7, 11) is 1.44. The highest BCUT2D eigenvalue weighted by Gasteiger charge is 2.40. The van der Waals surface area contributed by atoms with E-state index in [9.17, 15) is 4.79 Å². The van der Waals surface area contributed by atoms with E-state index in [1.807, 2.05) is 13.8 Å². The number of methoxy groups -OCH3 is 1. The first-order valence-electron chi connectivity index (χ1n) is 7.63. The van der Waals surface area contributed by atoms with Crippen LogP contribution in [0.1, 0.15) is 46.0 Å². The first kappa shape index (κ1) is 15.7. The first-order chi connectivity index (χ1) is 9.53. The highest BCUT2D eigenvalue weighted by atomic mass is 16.5. The van der Waals surface area contributed by atoms with Gasteiger partial charge in [-0.2, -0.15) is 0 Å². The Hall–Kier alpha value is -0.650. The van der Waals surface area contributed by atoms with Gasteiger partial charge in [-0.25, -0.2) is 0 Å². The Bertz CT molecular complexity index is 326. The predicted molar refractivity (Wildman–Crippen MR) is 75.6 cm³/mol. The van der Waals surface area contributed by atoms with Gasteiger partial charge in [-0.1, -0.05) is 0 Å². The van der Waals surface area contributed by atoms with Gasteiger partial charge in [0.15, 0.2) is 0 Å². The van der Waals surface area contributed by atoms with Gasteiger partial charge < -0.3 is 14.2 Å². The first-order valence-corrected chi connectivity index (χ1v) is 7.63. The van der Waals surface area contributed by atoms with Crippen LogP contribution in [0, 0.1) is 0 Å². The van der Waals surface area contributed by atoms with Crippen LogP contribution in [0.2, 0.25) is 0 Å². The Morgan fingerprint density at radius 3 is 2.75 bits per heavy atom. The van der Waals surface area contributed by atoms with Crippen LogP contribution in [0.3, 0.4) is 0 Å². The zero-order chi connectivity index (χ0) is 14.6. The van der Waals surface area contributed by atoms with Crippen LogP contribution in [0.25, 0.3) is 0 Å². The SMILES string of the molecule is COC(=O)C(C)(CC(C)OCC1CCCO1)NC1CC1. The van der Waals surface area contributed by atoms with Gasteiger partial charge in [-0.05, 0) is 39.5 Å². The lowest BCUT2D eigenvalue weighted by Crippen LogP contribution is -2.53. The predicted octanol–water partition coefficient (Wildman–Crippen LogP) is 1.64. The van der Waals surface area contributed by atoms with Crippen molar-refractivity contribution in [1.82, 2.24) is 5.32 Å². The molecule has 1 N–H and O–H groups in total. The summed E-state index contributed by atoms with van der Waals surface area (Å²) in [5.41, 5.74) is -0.661. The van der Waals surface area contributed by atoms with Crippen molar-refractivity contribution in [1.29, 1.82) is 0 Å². The van der Waals surface area contributed by atoms with Crippen molar-refractivity contribution >= 4 is 5.97 Å². The molecular formula is C15H27NO4. The maximum absolute atomic E-state index is 12.0. The standard InChI is InChI=1S/C15H27NO4/c1-11(20-10-13-5-4-8-19-13)9-15(2,14(17)18-3)16-12-6-7-12/h11-13,16H,4-10H2,1-3H3. The van der Waals surface area contributed by atoms with Crippen LogP contribution in [-0.4, -0.2) is 50.1 Å². The Morgan fingerprint density at radius 1 is 1.45 bits per heavy atom. The smallest absolute Gasteiger partial charge is 0.325 e. The molecule has 5 heteroatoms. The Balaban J connectivity index is 1.80. The maximum atomic E-state index is 12.0. The fourth-order valence-electron chi connectivity index (χ4n) is 2.79. The van der Waals surface area contributed by atoms with E-state index in [-0.39, 0.29) is 18.2 Å². The van der Waals surface area contributed by atoms with Crippen LogP contribution < -0.4 is 5.32 Å². The Morgan fingerprint density at radius 2 is 2.20 bits per heavy atom. The van der Waals surface area contributed by atoms with Crippen LogP contribution in [0.5, 0.6) is 0 Å². The van der Waals surface area contributed by atoms with Crippen LogP contribution in [0.4, 0.5) is 0 Å². The number of nitrogens with one attached hydrogen (secondary N) is 1. The Labute approximate surface area is 121 Å². The molecule has 3 atom stereocenters. The average Bonchev–Trinajstić information content (AvgIpc) is 3.07. The summed E-state index contributed by atoms with van der Waals surface area (Å²) in [6.45, 7) is 5.36. The number of rotatable bonds is 8. The number of carbonyl (C=O) groups excluding carboxylic acids is 1.